The van der Waals surface area contributed by atoms with Gasteiger partial charge in [0.1, 0.15) is 5.82 Å². The Balaban J connectivity index is 1.98. The minimum atomic E-state index is 0.285. The van der Waals surface area contributed by atoms with Crippen molar-refractivity contribution < 1.29 is 0 Å². The van der Waals surface area contributed by atoms with E-state index in [9.17, 15) is 0 Å². The van der Waals surface area contributed by atoms with Gasteiger partial charge in [-0.2, -0.15) is 4.98 Å². The molecule has 0 aliphatic carbocycles. The van der Waals surface area contributed by atoms with Gasteiger partial charge in [-0.25, -0.2) is 4.98 Å². The molecule has 0 fully saturated rings. The fourth-order valence-electron chi connectivity index (χ4n) is 2.40. The Morgan fingerprint density at radius 1 is 1.08 bits per heavy atom. The van der Waals surface area contributed by atoms with Gasteiger partial charge in [-0.15, -0.1) is 0 Å². The van der Waals surface area contributed by atoms with Crippen molar-refractivity contribution in [2.75, 3.05) is 10.6 Å². The highest BCUT2D eigenvalue weighted by molar-refractivity contribution is 9.10. The van der Waals surface area contributed by atoms with Gasteiger partial charge >= 0.3 is 0 Å². The molecule has 0 spiro atoms. The van der Waals surface area contributed by atoms with E-state index < -0.39 is 0 Å². The third-order valence-corrected chi connectivity index (χ3v) is 4.68. The topological polar surface area (TPSA) is 62.7 Å². The number of pyridine rings is 1. The zero-order valence-electron chi connectivity index (χ0n) is 15.1. The average molecular weight is 412 g/mol. The molecule has 0 saturated carbocycles. The fraction of sp³-hybridized carbons (Fsp3) is 0.250. The molecule has 2 heterocycles. The minimum Gasteiger partial charge on any atom is -0.352 e. The van der Waals surface area contributed by atoms with Gasteiger partial charge in [-0.1, -0.05) is 19.1 Å². The van der Waals surface area contributed by atoms with Crippen LogP contribution in [0.5, 0.6) is 0 Å². The SMILES string of the molecule is CC[C@@H](C)Nc1nc(Nc2ccc(C)cc2Br)cc(-c2ccccn2)n1. The number of nitrogens with one attached hydrogen (secondary N) is 2. The minimum absolute atomic E-state index is 0.285. The predicted octanol–water partition coefficient (Wildman–Crippen LogP) is 5.56. The van der Waals surface area contributed by atoms with Crippen molar-refractivity contribution >= 4 is 33.4 Å². The Hall–Kier alpha value is -2.47. The fourth-order valence-corrected chi connectivity index (χ4v) is 3.00. The highest BCUT2D eigenvalue weighted by Crippen LogP contribution is 2.28. The number of halogens is 1. The smallest absolute Gasteiger partial charge is 0.225 e. The van der Waals surface area contributed by atoms with Gasteiger partial charge < -0.3 is 10.6 Å². The summed E-state index contributed by atoms with van der Waals surface area (Å²) >= 11 is 3.60. The first-order chi connectivity index (χ1) is 12.5. The van der Waals surface area contributed by atoms with Crippen molar-refractivity contribution in [2.45, 2.75) is 33.2 Å². The van der Waals surface area contributed by atoms with Crippen LogP contribution in [0.2, 0.25) is 0 Å². The average Bonchev–Trinajstić information content (AvgIpc) is 2.64. The molecule has 2 aromatic heterocycles. The maximum absolute atomic E-state index is 4.63. The molecule has 6 heteroatoms. The molecule has 3 rings (SSSR count). The van der Waals surface area contributed by atoms with Crippen molar-refractivity contribution in [1.29, 1.82) is 0 Å². The molecule has 0 radical (unpaired) electrons. The van der Waals surface area contributed by atoms with Gasteiger partial charge in [-0.3, -0.25) is 4.98 Å². The van der Waals surface area contributed by atoms with Crippen molar-refractivity contribution in [1.82, 2.24) is 15.0 Å². The molecule has 0 amide bonds. The second-order valence-corrected chi connectivity index (χ2v) is 7.09. The number of rotatable bonds is 6. The third-order valence-electron chi connectivity index (χ3n) is 4.03. The summed E-state index contributed by atoms with van der Waals surface area (Å²) in [6.07, 6.45) is 2.76. The van der Waals surface area contributed by atoms with E-state index in [2.05, 4.69) is 74.4 Å². The third kappa shape index (κ3) is 4.58. The van der Waals surface area contributed by atoms with Gasteiger partial charge in [0.2, 0.25) is 5.95 Å². The van der Waals surface area contributed by atoms with Gasteiger partial charge in [-0.05, 0) is 66.0 Å². The molecule has 2 N–H and O–H groups in total. The molecule has 26 heavy (non-hydrogen) atoms. The van der Waals surface area contributed by atoms with Gasteiger partial charge in [0, 0.05) is 22.8 Å². The molecule has 0 aliphatic rings. The number of benzene rings is 1. The summed E-state index contributed by atoms with van der Waals surface area (Å²) in [6.45, 7) is 6.30. The Morgan fingerprint density at radius 2 is 1.92 bits per heavy atom. The van der Waals surface area contributed by atoms with E-state index in [4.69, 9.17) is 0 Å². The van der Waals surface area contributed by atoms with Crippen LogP contribution < -0.4 is 10.6 Å². The molecule has 0 bridgehead atoms. The second-order valence-electron chi connectivity index (χ2n) is 6.24. The van der Waals surface area contributed by atoms with Crippen LogP contribution in [0.25, 0.3) is 11.4 Å². The first kappa shape index (κ1) is 18.3. The van der Waals surface area contributed by atoms with Crippen LogP contribution in [-0.2, 0) is 0 Å². The van der Waals surface area contributed by atoms with Crippen LogP contribution in [0, 0.1) is 6.92 Å². The molecular formula is C20H22BrN5. The number of hydrogen-bond donors (Lipinski definition) is 2. The molecular weight excluding hydrogens is 390 g/mol. The highest BCUT2D eigenvalue weighted by Gasteiger charge is 2.10. The zero-order valence-corrected chi connectivity index (χ0v) is 16.7. The first-order valence-electron chi connectivity index (χ1n) is 8.65. The van der Waals surface area contributed by atoms with Crippen LogP contribution >= 0.6 is 15.9 Å². The Bertz CT molecular complexity index is 883. The Morgan fingerprint density at radius 3 is 2.62 bits per heavy atom. The van der Waals surface area contributed by atoms with Crippen molar-refractivity contribution in [2.24, 2.45) is 0 Å². The lowest BCUT2D eigenvalue weighted by molar-refractivity contribution is 0.753. The van der Waals surface area contributed by atoms with E-state index in [0.717, 1.165) is 33.8 Å². The second kappa shape index (κ2) is 8.27. The lowest BCUT2D eigenvalue weighted by Gasteiger charge is -2.15. The molecule has 5 nitrogen and oxygen atoms in total. The lowest BCUT2D eigenvalue weighted by atomic mass is 10.2. The first-order valence-corrected chi connectivity index (χ1v) is 9.44. The quantitative estimate of drug-likeness (QED) is 0.555. The van der Waals surface area contributed by atoms with E-state index in [1.807, 2.05) is 30.3 Å². The van der Waals surface area contributed by atoms with Gasteiger partial charge in [0.15, 0.2) is 0 Å². The van der Waals surface area contributed by atoms with Crippen molar-refractivity contribution in [3.05, 3.63) is 58.7 Å². The van der Waals surface area contributed by atoms with E-state index in [0.29, 0.717) is 5.95 Å². The monoisotopic (exact) mass is 411 g/mol. The van der Waals surface area contributed by atoms with Crippen LogP contribution in [0.15, 0.2) is 53.1 Å². The summed E-state index contributed by atoms with van der Waals surface area (Å²) in [4.78, 5) is 13.7. The Kier molecular flexibility index (Phi) is 5.83. The summed E-state index contributed by atoms with van der Waals surface area (Å²) in [5, 5.41) is 6.73. The molecule has 0 aliphatic heterocycles. The molecule has 0 unspecified atom stereocenters. The van der Waals surface area contributed by atoms with Crippen LogP contribution in [-0.4, -0.2) is 21.0 Å². The van der Waals surface area contributed by atoms with E-state index in [-0.39, 0.29) is 6.04 Å². The molecule has 1 atom stereocenters. The van der Waals surface area contributed by atoms with Crippen molar-refractivity contribution in [3.8, 4) is 11.4 Å². The molecule has 134 valence electrons. The van der Waals surface area contributed by atoms with Gasteiger partial charge in [0.25, 0.3) is 0 Å². The van der Waals surface area contributed by atoms with Crippen molar-refractivity contribution in [3.63, 3.8) is 0 Å². The number of hydrogen-bond acceptors (Lipinski definition) is 5. The number of aromatic nitrogens is 3. The largest absolute Gasteiger partial charge is 0.352 e. The maximum atomic E-state index is 4.63. The summed E-state index contributed by atoms with van der Waals surface area (Å²) in [5.74, 6) is 1.31. The summed E-state index contributed by atoms with van der Waals surface area (Å²) < 4.78 is 0.993. The summed E-state index contributed by atoms with van der Waals surface area (Å²) in [6, 6.07) is 14.2. The maximum Gasteiger partial charge on any atom is 0.225 e. The highest BCUT2D eigenvalue weighted by atomic mass is 79.9. The molecule has 3 aromatic rings. The van der Waals surface area contributed by atoms with Crippen LogP contribution in [0.1, 0.15) is 25.8 Å². The number of nitrogens with zero attached hydrogens (tertiary/aromatic N) is 3. The van der Waals surface area contributed by atoms with E-state index in [1.54, 1.807) is 6.20 Å². The molecule has 1 aromatic carbocycles. The Labute approximate surface area is 162 Å². The summed E-state index contributed by atoms with van der Waals surface area (Å²) in [7, 11) is 0. The number of anilines is 3. The number of aryl methyl sites for hydroxylation is 1. The van der Waals surface area contributed by atoms with E-state index >= 15 is 0 Å². The lowest BCUT2D eigenvalue weighted by Crippen LogP contribution is -2.16. The molecule has 0 saturated heterocycles. The van der Waals surface area contributed by atoms with Gasteiger partial charge in [0.05, 0.1) is 17.1 Å². The standard InChI is InChI=1S/C20H22BrN5/c1-4-14(3)23-20-25-18(17-7-5-6-10-22-17)12-19(26-20)24-16-9-8-13(2)11-15(16)21/h5-12,14H,4H2,1-3H3,(H2,23,24,25,26)/t14-/m1/s1. The predicted molar refractivity (Wildman–Crippen MR) is 111 cm³/mol. The summed E-state index contributed by atoms with van der Waals surface area (Å²) in [5.41, 5.74) is 3.74. The van der Waals surface area contributed by atoms with Crippen LogP contribution in [0.3, 0.4) is 0 Å². The van der Waals surface area contributed by atoms with E-state index in [1.165, 1.54) is 5.56 Å². The zero-order chi connectivity index (χ0) is 18.5. The van der Waals surface area contributed by atoms with Crippen LogP contribution in [0.4, 0.5) is 17.5 Å². The normalized spacial score (nSPS) is 11.8.